The third-order valence-corrected chi connectivity index (χ3v) is 9.97. The maximum absolute atomic E-state index is 13.7. The Bertz CT molecular complexity index is 2070. The molecule has 1 N–H and O–H groups in total. The molecule has 0 radical (unpaired) electrons. The highest BCUT2D eigenvalue weighted by molar-refractivity contribution is 7.89. The van der Waals surface area contributed by atoms with Gasteiger partial charge in [0.25, 0.3) is 10.0 Å². The molecule has 6 rings (SSSR count). The third kappa shape index (κ3) is 6.98. The summed E-state index contributed by atoms with van der Waals surface area (Å²) in [7, 11) is -4.09. The molecule has 1 aromatic heterocycles. The maximum Gasteiger partial charge on any atom is 0.277 e. The molecule has 238 valence electrons. The van der Waals surface area contributed by atoms with Gasteiger partial charge in [-0.3, -0.25) is 4.79 Å². The topological polar surface area (TPSA) is 123 Å². The van der Waals surface area contributed by atoms with Crippen molar-refractivity contribution >= 4 is 50.0 Å². The van der Waals surface area contributed by atoms with E-state index in [0.717, 1.165) is 22.4 Å². The minimum Gasteiger partial charge on any atom is -0.333 e. The number of carbonyl (C=O) groups is 1. The Balaban J connectivity index is 1.31. The predicted molar refractivity (Wildman–Crippen MR) is 183 cm³/mol. The van der Waals surface area contributed by atoms with Crippen molar-refractivity contribution in [2.75, 3.05) is 13.1 Å². The van der Waals surface area contributed by atoms with Gasteiger partial charge in [0, 0.05) is 35.3 Å². The number of nitriles is 1. The summed E-state index contributed by atoms with van der Waals surface area (Å²) >= 11 is 6.09. The number of fused-ring (bicyclic) bond motifs is 1. The van der Waals surface area contributed by atoms with Crippen LogP contribution in [0.15, 0.2) is 107 Å². The number of aromatic amines is 1. The normalized spacial score (nSPS) is 15.6. The minimum absolute atomic E-state index is 0.123. The highest BCUT2D eigenvalue weighted by Crippen LogP contribution is 2.29. The third-order valence-electron chi connectivity index (χ3n) is 8.10. The fourth-order valence-corrected chi connectivity index (χ4v) is 7.38. The lowest BCUT2D eigenvalue weighted by molar-refractivity contribution is -0.138. The van der Waals surface area contributed by atoms with Crippen molar-refractivity contribution < 1.29 is 13.2 Å². The van der Waals surface area contributed by atoms with E-state index < -0.39 is 10.0 Å². The number of carbonyl (C=O) groups excluding carboxylic acids is 1. The summed E-state index contributed by atoms with van der Waals surface area (Å²) in [5.74, 6) is -0.111. The van der Waals surface area contributed by atoms with Gasteiger partial charge in [0.05, 0.1) is 34.5 Å². The summed E-state index contributed by atoms with van der Waals surface area (Å²) in [6.45, 7) is 4.14. The lowest BCUT2D eigenvalue weighted by atomic mass is 9.99. The molecule has 11 heteroatoms. The Morgan fingerprint density at radius 1 is 1.02 bits per heavy atom. The summed E-state index contributed by atoms with van der Waals surface area (Å²) < 4.78 is 28.6. The minimum atomic E-state index is -4.09. The van der Waals surface area contributed by atoms with Crippen LogP contribution in [-0.2, 0) is 21.4 Å². The number of nitrogens with one attached hydrogen (secondary N) is 1. The monoisotopic (exact) mass is 664 g/mol. The Morgan fingerprint density at radius 2 is 1.70 bits per heavy atom. The molecule has 0 aliphatic carbocycles. The molecule has 1 amide bonds. The molecule has 0 bridgehead atoms. The van der Waals surface area contributed by atoms with E-state index in [2.05, 4.69) is 16.0 Å². The van der Waals surface area contributed by atoms with Gasteiger partial charge in [-0.25, -0.2) is 18.4 Å². The van der Waals surface area contributed by atoms with E-state index in [1.165, 1.54) is 4.31 Å². The van der Waals surface area contributed by atoms with Crippen LogP contribution in [0.3, 0.4) is 0 Å². The fraction of sp³-hybridized carbons (Fsp3) is 0.222. The number of hydrogen-bond donors (Lipinski definition) is 1. The van der Waals surface area contributed by atoms with Crippen LogP contribution in [0.1, 0.15) is 42.5 Å². The second-order valence-corrected chi connectivity index (χ2v) is 14.3. The van der Waals surface area contributed by atoms with Gasteiger partial charge < -0.3 is 9.88 Å². The van der Waals surface area contributed by atoms with Gasteiger partial charge in [0.15, 0.2) is 0 Å². The second kappa shape index (κ2) is 13.5. The molecular weight excluding hydrogens is 632 g/mol. The molecule has 1 saturated heterocycles. The number of sulfonamides is 1. The largest absolute Gasteiger partial charge is 0.333 e. The first kappa shape index (κ1) is 32.1. The quantitative estimate of drug-likeness (QED) is 0.176. The number of benzene rings is 4. The van der Waals surface area contributed by atoms with Crippen molar-refractivity contribution in [3.63, 3.8) is 0 Å². The Kier molecular flexibility index (Phi) is 9.23. The number of piperazine rings is 1. The molecule has 0 unspecified atom stereocenters. The summed E-state index contributed by atoms with van der Waals surface area (Å²) in [4.78, 5) is 27.6. The number of halogens is 1. The Labute approximate surface area is 279 Å². The molecule has 1 atom stereocenters. The number of rotatable bonds is 9. The number of amides is 1. The summed E-state index contributed by atoms with van der Waals surface area (Å²) in [5, 5.41) is 10.2. The SMILES string of the molecule is CC(C)C[C@H]1CN(S(=O)(=O)c2nc3ccc(Cl)cc3[nH]2)CC(=O)N1Cc1ccc(C#N)c(N=C(c2ccccc2)c2ccccc2)c1. The van der Waals surface area contributed by atoms with Crippen LogP contribution >= 0.6 is 11.6 Å². The van der Waals surface area contributed by atoms with Gasteiger partial charge in [-0.05, 0) is 48.2 Å². The average Bonchev–Trinajstić information content (AvgIpc) is 3.50. The first-order chi connectivity index (χ1) is 22.6. The number of imidazole rings is 1. The van der Waals surface area contributed by atoms with E-state index >= 15 is 0 Å². The highest BCUT2D eigenvalue weighted by Gasteiger charge is 2.40. The van der Waals surface area contributed by atoms with Crippen molar-refractivity contribution in [1.29, 1.82) is 5.26 Å². The molecule has 2 heterocycles. The van der Waals surface area contributed by atoms with Gasteiger partial charge in [0.2, 0.25) is 11.1 Å². The molecule has 1 aliphatic rings. The van der Waals surface area contributed by atoms with E-state index in [1.54, 1.807) is 29.2 Å². The first-order valence-electron chi connectivity index (χ1n) is 15.3. The van der Waals surface area contributed by atoms with Crippen LogP contribution in [-0.4, -0.2) is 58.3 Å². The Hall–Kier alpha value is -4.82. The van der Waals surface area contributed by atoms with Crippen LogP contribution in [0, 0.1) is 17.2 Å². The average molecular weight is 665 g/mol. The molecular formula is C36H33ClN6O3S. The lowest BCUT2D eigenvalue weighted by Crippen LogP contribution is -2.57. The molecule has 4 aromatic carbocycles. The van der Waals surface area contributed by atoms with Crippen molar-refractivity contribution in [3.8, 4) is 6.07 Å². The van der Waals surface area contributed by atoms with Gasteiger partial charge in [0.1, 0.15) is 6.07 Å². The van der Waals surface area contributed by atoms with Crippen LogP contribution in [0.25, 0.3) is 11.0 Å². The maximum atomic E-state index is 13.7. The Morgan fingerprint density at radius 3 is 2.34 bits per heavy atom. The molecule has 47 heavy (non-hydrogen) atoms. The van der Waals surface area contributed by atoms with Crippen LogP contribution in [0.2, 0.25) is 5.02 Å². The van der Waals surface area contributed by atoms with Gasteiger partial charge in [-0.15, -0.1) is 0 Å². The zero-order chi connectivity index (χ0) is 33.1. The van der Waals surface area contributed by atoms with Crippen molar-refractivity contribution in [3.05, 3.63) is 124 Å². The number of hydrogen-bond acceptors (Lipinski definition) is 6. The molecule has 9 nitrogen and oxygen atoms in total. The van der Waals surface area contributed by atoms with Crippen LogP contribution < -0.4 is 0 Å². The summed E-state index contributed by atoms with van der Waals surface area (Å²) in [6, 6.07) is 31.7. The smallest absolute Gasteiger partial charge is 0.277 e. The van der Waals surface area contributed by atoms with Gasteiger partial charge in [-0.1, -0.05) is 92.2 Å². The summed E-state index contributed by atoms with van der Waals surface area (Å²) in [6.07, 6.45) is 0.598. The molecule has 5 aromatic rings. The summed E-state index contributed by atoms with van der Waals surface area (Å²) in [5.41, 5.74) is 5.20. The zero-order valence-electron chi connectivity index (χ0n) is 26.0. The van der Waals surface area contributed by atoms with Gasteiger partial charge in [-0.2, -0.15) is 9.57 Å². The molecule has 1 aliphatic heterocycles. The number of nitrogens with zero attached hydrogens (tertiary/aromatic N) is 5. The lowest BCUT2D eigenvalue weighted by Gasteiger charge is -2.41. The van der Waals surface area contributed by atoms with E-state index in [0.29, 0.717) is 33.7 Å². The first-order valence-corrected chi connectivity index (χ1v) is 17.1. The van der Waals surface area contributed by atoms with E-state index in [-0.39, 0.29) is 42.7 Å². The highest BCUT2D eigenvalue weighted by atomic mass is 35.5. The standard InChI is InChI=1S/C36H33ClN6O3S/c1-24(2)17-30-22-42(47(45,46)36-40-31-16-15-29(37)19-33(31)41-36)23-34(44)43(30)21-25-13-14-28(20-38)32(18-25)39-35(26-9-5-3-6-10-26)27-11-7-4-8-12-27/h3-16,18-19,24,30H,17,21-23H2,1-2H3,(H,40,41)/t30-/m0/s1. The van der Waals surface area contributed by atoms with Crippen LogP contribution in [0.4, 0.5) is 5.69 Å². The van der Waals surface area contributed by atoms with Crippen molar-refractivity contribution in [2.24, 2.45) is 10.9 Å². The van der Waals surface area contributed by atoms with Crippen LogP contribution in [0.5, 0.6) is 0 Å². The van der Waals surface area contributed by atoms with E-state index in [1.807, 2.05) is 86.6 Å². The van der Waals surface area contributed by atoms with Crippen molar-refractivity contribution in [2.45, 2.75) is 38.0 Å². The molecule has 0 spiro atoms. The number of aromatic nitrogens is 2. The van der Waals surface area contributed by atoms with E-state index in [4.69, 9.17) is 16.6 Å². The van der Waals surface area contributed by atoms with Crippen molar-refractivity contribution in [1.82, 2.24) is 19.2 Å². The zero-order valence-corrected chi connectivity index (χ0v) is 27.5. The molecule has 1 fully saturated rings. The second-order valence-electron chi connectivity index (χ2n) is 12.0. The number of aliphatic imine (C=N–C) groups is 1. The van der Waals surface area contributed by atoms with Gasteiger partial charge >= 0.3 is 0 Å². The molecule has 0 saturated carbocycles. The number of H-pyrrole nitrogens is 1. The predicted octanol–water partition coefficient (Wildman–Crippen LogP) is 6.70. The van der Waals surface area contributed by atoms with E-state index in [9.17, 15) is 18.5 Å². The fourth-order valence-electron chi connectivity index (χ4n) is 5.86.